The first kappa shape index (κ1) is 12.4. The summed E-state index contributed by atoms with van der Waals surface area (Å²) in [6.07, 6.45) is 4.09. The third-order valence-corrected chi connectivity index (χ3v) is 2.98. The van der Waals surface area contributed by atoms with Gasteiger partial charge in [-0.3, -0.25) is 4.79 Å². The lowest BCUT2D eigenvalue weighted by Crippen LogP contribution is -2.34. The molecule has 1 aromatic rings. The summed E-state index contributed by atoms with van der Waals surface area (Å²) in [5, 5.41) is 11.6. The number of hydrogen-bond donors (Lipinski definition) is 1. The van der Waals surface area contributed by atoms with Gasteiger partial charge in [0, 0.05) is 31.4 Å². The summed E-state index contributed by atoms with van der Waals surface area (Å²) >= 11 is 0. The number of amides is 1. The Balaban J connectivity index is 2.14. The van der Waals surface area contributed by atoms with Crippen LogP contribution in [0.5, 0.6) is 0 Å². The Morgan fingerprint density at radius 1 is 1.67 bits per heavy atom. The second-order valence-electron chi connectivity index (χ2n) is 4.32. The molecular weight excluding hydrogens is 228 g/mol. The molecule has 1 fully saturated rings. The predicted molar refractivity (Wildman–Crippen MR) is 68.1 cm³/mol. The first-order valence-corrected chi connectivity index (χ1v) is 6.08. The highest BCUT2D eigenvalue weighted by atomic mass is 16.2. The van der Waals surface area contributed by atoms with Crippen molar-refractivity contribution in [2.75, 3.05) is 18.9 Å². The zero-order valence-corrected chi connectivity index (χ0v) is 10.4. The predicted octanol–water partition coefficient (Wildman–Crippen LogP) is 1.64. The summed E-state index contributed by atoms with van der Waals surface area (Å²) in [6.45, 7) is 0.511. The molecule has 1 heterocycles. The third-order valence-electron chi connectivity index (χ3n) is 2.98. The highest BCUT2D eigenvalue weighted by Gasteiger charge is 2.32. The Morgan fingerprint density at radius 2 is 2.44 bits per heavy atom. The minimum atomic E-state index is -0.00773. The molecule has 5 nitrogen and oxygen atoms in total. The fraction of sp³-hybridized carbons (Fsp3) is 0.462. The van der Waals surface area contributed by atoms with E-state index in [-0.39, 0.29) is 5.91 Å². The van der Waals surface area contributed by atoms with E-state index in [4.69, 9.17) is 5.26 Å². The van der Waals surface area contributed by atoms with Gasteiger partial charge >= 0.3 is 0 Å². The Hall–Kier alpha value is -2.09. The number of hydrogen-bond acceptors (Lipinski definition) is 4. The van der Waals surface area contributed by atoms with Gasteiger partial charge in [-0.15, -0.1) is 0 Å². The van der Waals surface area contributed by atoms with Crippen LogP contribution in [0.4, 0.5) is 5.82 Å². The Morgan fingerprint density at radius 3 is 3.06 bits per heavy atom. The number of pyridine rings is 1. The van der Waals surface area contributed by atoms with E-state index in [0.717, 1.165) is 12.8 Å². The van der Waals surface area contributed by atoms with Crippen LogP contribution in [0.15, 0.2) is 18.3 Å². The van der Waals surface area contributed by atoms with Crippen molar-refractivity contribution in [2.24, 2.45) is 0 Å². The summed E-state index contributed by atoms with van der Waals surface area (Å²) in [6, 6.07) is 5.86. The van der Waals surface area contributed by atoms with Crippen LogP contribution in [0.1, 0.15) is 29.6 Å². The largest absolute Gasteiger partial charge is 0.373 e. The van der Waals surface area contributed by atoms with Crippen molar-refractivity contribution < 1.29 is 4.79 Å². The third kappa shape index (κ3) is 2.77. The first-order valence-electron chi connectivity index (χ1n) is 6.08. The molecule has 1 N–H and O–H groups in total. The van der Waals surface area contributed by atoms with Crippen molar-refractivity contribution >= 4 is 11.7 Å². The molecule has 1 aliphatic carbocycles. The molecule has 1 amide bonds. The molecule has 0 unspecified atom stereocenters. The monoisotopic (exact) mass is 244 g/mol. The normalized spacial score (nSPS) is 13.8. The molecule has 1 saturated carbocycles. The smallest absolute Gasteiger partial charge is 0.254 e. The lowest BCUT2D eigenvalue weighted by Gasteiger charge is -2.21. The van der Waals surface area contributed by atoms with E-state index in [0.29, 0.717) is 30.4 Å². The number of aromatic nitrogens is 1. The molecule has 0 aromatic carbocycles. The minimum Gasteiger partial charge on any atom is -0.373 e. The maximum absolute atomic E-state index is 12.4. The number of carbonyl (C=O) groups is 1. The zero-order chi connectivity index (χ0) is 13.0. The fourth-order valence-electron chi connectivity index (χ4n) is 1.87. The standard InChI is InChI=1S/C13H16N4O/c1-15-12-9-10(5-7-16-12)13(18)17(8-2-6-14)11-3-4-11/h5,7,9,11H,2-4,8H2,1H3,(H,15,16). The lowest BCUT2D eigenvalue weighted by molar-refractivity contribution is 0.0747. The second kappa shape index (κ2) is 5.50. The van der Waals surface area contributed by atoms with Crippen LogP contribution < -0.4 is 5.32 Å². The Bertz CT molecular complexity index is 476. The number of nitrogens with zero attached hydrogens (tertiary/aromatic N) is 3. The van der Waals surface area contributed by atoms with E-state index in [1.54, 1.807) is 30.3 Å². The van der Waals surface area contributed by atoms with Gasteiger partial charge in [0.1, 0.15) is 5.82 Å². The first-order chi connectivity index (χ1) is 8.76. The number of nitriles is 1. The molecule has 0 spiro atoms. The van der Waals surface area contributed by atoms with Gasteiger partial charge in [0.2, 0.25) is 0 Å². The molecule has 0 saturated heterocycles. The molecule has 18 heavy (non-hydrogen) atoms. The number of nitrogens with one attached hydrogen (secondary N) is 1. The summed E-state index contributed by atoms with van der Waals surface area (Å²) in [5.41, 5.74) is 0.624. The zero-order valence-electron chi connectivity index (χ0n) is 10.4. The summed E-state index contributed by atoms with van der Waals surface area (Å²) in [4.78, 5) is 18.3. The highest BCUT2D eigenvalue weighted by molar-refractivity contribution is 5.95. The van der Waals surface area contributed by atoms with E-state index in [2.05, 4.69) is 16.4 Å². The maximum atomic E-state index is 12.4. The minimum absolute atomic E-state index is 0.00773. The van der Waals surface area contributed by atoms with Crippen molar-refractivity contribution in [3.8, 4) is 6.07 Å². The van der Waals surface area contributed by atoms with Crippen LogP contribution in [-0.4, -0.2) is 35.4 Å². The van der Waals surface area contributed by atoms with E-state index in [1.165, 1.54) is 0 Å². The van der Waals surface area contributed by atoms with Gasteiger partial charge in [-0.1, -0.05) is 0 Å². The topological polar surface area (TPSA) is 69.0 Å². The SMILES string of the molecule is CNc1cc(C(=O)N(CCC#N)C2CC2)ccn1. The van der Waals surface area contributed by atoms with Gasteiger partial charge in [-0.05, 0) is 25.0 Å². The van der Waals surface area contributed by atoms with Crippen molar-refractivity contribution in [3.63, 3.8) is 0 Å². The van der Waals surface area contributed by atoms with Gasteiger partial charge in [-0.25, -0.2) is 4.98 Å². The molecule has 5 heteroatoms. The molecule has 0 radical (unpaired) electrons. The van der Waals surface area contributed by atoms with Gasteiger partial charge in [0.15, 0.2) is 0 Å². The van der Waals surface area contributed by atoms with E-state index >= 15 is 0 Å². The van der Waals surface area contributed by atoms with Gasteiger partial charge < -0.3 is 10.2 Å². The van der Waals surface area contributed by atoms with Crippen LogP contribution in [-0.2, 0) is 0 Å². The molecule has 1 aliphatic rings. The molecule has 0 aliphatic heterocycles. The Labute approximate surface area is 106 Å². The van der Waals surface area contributed by atoms with E-state index in [1.807, 2.05) is 0 Å². The lowest BCUT2D eigenvalue weighted by atomic mass is 10.2. The molecule has 0 atom stereocenters. The molecular formula is C13H16N4O. The Kier molecular flexibility index (Phi) is 3.78. The van der Waals surface area contributed by atoms with E-state index in [9.17, 15) is 4.79 Å². The molecule has 2 rings (SSSR count). The van der Waals surface area contributed by atoms with Crippen molar-refractivity contribution in [3.05, 3.63) is 23.9 Å². The fourth-order valence-corrected chi connectivity index (χ4v) is 1.87. The van der Waals surface area contributed by atoms with Crippen molar-refractivity contribution in [1.29, 1.82) is 5.26 Å². The molecule has 0 bridgehead atoms. The summed E-state index contributed by atoms with van der Waals surface area (Å²) < 4.78 is 0. The van der Waals surface area contributed by atoms with Crippen LogP contribution in [0.25, 0.3) is 0 Å². The maximum Gasteiger partial charge on any atom is 0.254 e. The van der Waals surface area contributed by atoms with Crippen LogP contribution in [0, 0.1) is 11.3 Å². The molecule has 1 aromatic heterocycles. The summed E-state index contributed by atoms with van der Waals surface area (Å²) in [7, 11) is 1.77. The second-order valence-corrected chi connectivity index (χ2v) is 4.32. The van der Waals surface area contributed by atoms with Gasteiger partial charge in [0.05, 0.1) is 12.5 Å². The highest BCUT2D eigenvalue weighted by Crippen LogP contribution is 2.28. The van der Waals surface area contributed by atoms with Gasteiger partial charge in [-0.2, -0.15) is 5.26 Å². The van der Waals surface area contributed by atoms with Crippen molar-refractivity contribution in [2.45, 2.75) is 25.3 Å². The quantitative estimate of drug-likeness (QED) is 0.855. The molecule has 94 valence electrons. The van der Waals surface area contributed by atoms with Crippen molar-refractivity contribution in [1.82, 2.24) is 9.88 Å². The average Bonchev–Trinajstić information content (AvgIpc) is 3.23. The number of carbonyl (C=O) groups excluding carboxylic acids is 1. The number of anilines is 1. The van der Waals surface area contributed by atoms with Crippen LogP contribution >= 0.6 is 0 Å². The average molecular weight is 244 g/mol. The van der Waals surface area contributed by atoms with Crippen LogP contribution in [0.2, 0.25) is 0 Å². The van der Waals surface area contributed by atoms with Crippen LogP contribution in [0.3, 0.4) is 0 Å². The van der Waals surface area contributed by atoms with Gasteiger partial charge in [0.25, 0.3) is 5.91 Å². The number of rotatable bonds is 5. The van der Waals surface area contributed by atoms with E-state index < -0.39 is 0 Å². The summed E-state index contributed by atoms with van der Waals surface area (Å²) in [5.74, 6) is 0.670.